The van der Waals surface area contributed by atoms with Crippen molar-refractivity contribution < 1.29 is 27.5 Å². The van der Waals surface area contributed by atoms with Crippen LogP contribution in [-0.4, -0.2) is 43.2 Å². The Morgan fingerprint density at radius 1 is 1.21 bits per heavy atom. The number of piperidine rings is 1. The maximum atomic E-state index is 12.4. The van der Waals surface area contributed by atoms with Gasteiger partial charge in [0.25, 0.3) is 0 Å². The Hall–Kier alpha value is -2.05. The maximum absolute atomic E-state index is 12.4. The number of ether oxygens (including phenoxy) is 1. The van der Waals surface area contributed by atoms with Gasteiger partial charge in [0.1, 0.15) is 0 Å². The second kappa shape index (κ2) is 7.23. The van der Waals surface area contributed by atoms with E-state index in [0.29, 0.717) is 19.5 Å². The summed E-state index contributed by atoms with van der Waals surface area (Å²) in [5.74, 6) is -1.04. The molecule has 0 spiro atoms. The number of benzene rings is 1. The number of amides is 1. The molecule has 1 aromatic carbocycles. The molecule has 0 saturated carbocycles. The van der Waals surface area contributed by atoms with E-state index in [4.69, 9.17) is 4.74 Å². The Labute approximate surface area is 138 Å². The van der Waals surface area contributed by atoms with Crippen LogP contribution in [0.1, 0.15) is 30.4 Å². The Morgan fingerprint density at radius 3 is 2.33 bits per heavy atom. The van der Waals surface area contributed by atoms with Gasteiger partial charge in [-0.3, -0.25) is 9.59 Å². The summed E-state index contributed by atoms with van der Waals surface area (Å²) < 4.78 is 42.0. The van der Waals surface area contributed by atoms with Crippen LogP contribution in [0, 0.1) is 5.92 Å². The fourth-order valence-electron chi connectivity index (χ4n) is 3.07. The fourth-order valence-corrected chi connectivity index (χ4v) is 3.07. The number of carbonyl (C=O) groups is 2. The first-order chi connectivity index (χ1) is 11.2. The molecule has 1 fully saturated rings. The zero-order chi connectivity index (χ0) is 17.9. The van der Waals surface area contributed by atoms with Crippen LogP contribution >= 0.6 is 0 Å². The van der Waals surface area contributed by atoms with Gasteiger partial charge < -0.3 is 9.64 Å². The van der Waals surface area contributed by atoms with Crippen molar-refractivity contribution in [2.24, 2.45) is 5.92 Å². The van der Waals surface area contributed by atoms with Crippen molar-refractivity contribution in [1.82, 2.24) is 4.90 Å². The van der Waals surface area contributed by atoms with E-state index < -0.39 is 18.5 Å². The molecular weight excluding hydrogens is 323 g/mol. The van der Waals surface area contributed by atoms with Crippen LogP contribution in [0.25, 0.3) is 0 Å². The summed E-state index contributed by atoms with van der Waals surface area (Å²) in [6.07, 6.45) is -4.70. The quantitative estimate of drug-likeness (QED) is 0.793. The van der Waals surface area contributed by atoms with Crippen LogP contribution in [0.4, 0.5) is 13.2 Å². The zero-order valence-corrected chi connectivity index (χ0v) is 13.6. The first-order valence-corrected chi connectivity index (χ1v) is 7.68. The monoisotopic (exact) mass is 343 g/mol. The molecule has 0 aliphatic carbocycles. The number of esters is 1. The molecule has 2 atom stereocenters. The first-order valence-electron chi connectivity index (χ1n) is 7.68. The summed E-state index contributed by atoms with van der Waals surface area (Å²) in [7, 11) is 1.30. The average molecular weight is 343 g/mol. The topological polar surface area (TPSA) is 46.6 Å². The van der Waals surface area contributed by atoms with Gasteiger partial charge in [-0.25, -0.2) is 0 Å². The number of methoxy groups -OCH3 is 1. The Kier molecular flexibility index (Phi) is 5.51. The predicted molar refractivity (Wildman–Crippen MR) is 81.3 cm³/mol. The number of hydrogen-bond acceptors (Lipinski definition) is 3. The zero-order valence-electron chi connectivity index (χ0n) is 13.6. The number of nitrogens with zero attached hydrogens (tertiary/aromatic N) is 1. The molecule has 132 valence electrons. The predicted octanol–water partition coefficient (Wildman–Crippen LogP) is 2.92. The van der Waals surface area contributed by atoms with Gasteiger partial charge in [-0.05, 0) is 17.5 Å². The normalized spacial score (nSPS) is 21.5. The standard InChI is InChI=1S/C17H20F3NO3/c1-11(22)21-9-14(7-15(10-21)16(23)24-2)13-5-3-12(4-6-13)8-17(18,19)20/h3-6,14-15H,7-10H2,1-2H3. The van der Waals surface area contributed by atoms with E-state index in [0.717, 1.165) is 5.56 Å². The molecule has 1 heterocycles. The summed E-state index contributed by atoms with van der Waals surface area (Å²) in [5.41, 5.74) is 1.01. The van der Waals surface area contributed by atoms with Gasteiger partial charge >= 0.3 is 12.1 Å². The molecule has 1 saturated heterocycles. The second-order valence-corrected chi connectivity index (χ2v) is 6.11. The van der Waals surface area contributed by atoms with Crippen LogP contribution in [0.15, 0.2) is 24.3 Å². The second-order valence-electron chi connectivity index (χ2n) is 6.11. The molecule has 0 N–H and O–H groups in total. The number of hydrogen-bond donors (Lipinski definition) is 0. The van der Waals surface area contributed by atoms with E-state index in [9.17, 15) is 22.8 Å². The first kappa shape index (κ1) is 18.3. The van der Waals surface area contributed by atoms with Crippen molar-refractivity contribution in [3.8, 4) is 0 Å². The molecule has 0 aromatic heterocycles. The summed E-state index contributed by atoms with van der Waals surface area (Å²) in [6.45, 7) is 2.19. The van der Waals surface area contributed by atoms with Crippen molar-refractivity contribution >= 4 is 11.9 Å². The number of halogens is 3. The molecule has 1 aliphatic heterocycles. The Bertz CT molecular complexity index is 598. The van der Waals surface area contributed by atoms with Crippen molar-refractivity contribution in [1.29, 1.82) is 0 Å². The van der Waals surface area contributed by atoms with Gasteiger partial charge in [-0.2, -0.15) is 13.2 Å². The molecule has 1 aliphatic rings. The maximum Gasteiger partial charge on any atom is 0.393 e. The smallest absolute Gasteiger partial charge is 0.393 e. The highest BCUT2D eigenvalue weighted by atomic mass is 19.4. The summed E-state index contributed by atoms with van der Waals surface area (Å²) in [5, 5.41) is 0. The van der Waals surface area contributed by atoms with E-state index in [1.165, 1.54) is 26.2 Å². The summed E-state index contributed by atoms with van der Waals surface area (Å²) in [4.78, 5) is 25.1. The third kappa shape index (κ3) is 4.72. The molecule has 0 radical (unpaired) electrons. The number of alkyl halides is 3. The minimum Gasteiger partial charge on any atom is -0.469 e. The van der Waals surface area contributed by atoms with Gasteiger partial charge in [-0.15, -0.1) is 0 Å². The lowest BCUT2D eigenvalue weighted by molar-refractivity contribution is -0.149. The minimum absolute atomic E-state index is 0.105. The van der Waals surface area contributed by atoms with Gasteiger partial charge in [0.05, 0.1) is 19.4 Å². The van der Waals surface area contributed by atoms with E-state index in [2.05, 4.69) is 0 Å². The van der Waals surface area contributed by atoms with Crippen molar-refractivity contribution in [3.63, 3.8) is 0 Å². The van der Waals surface area contributed by atoms with Crippen LogP contribution in [0.5, 0.6) is 0 Å². The van der Waals surface area contributed by atoms with Crippen LogP contribution in [0.3, 0.4) is 0 Å². The number of likely N-dealkylation sites (tertiary alicyclic amines) is 1. The summed E-state index contributed by atoms with van der Waals surface area (Å²) >= 11 is 0. The third-order valence-electron chi connectivity index (χ3n) is 4.29. The number of rotatable bonds is 3. The van der Waals surface area contributed by atoms with Crippen molar-refractivity contribution in [2.45, 2.75) is 31.9 Å². The molecule has 0 bridgehead atoms. The van der Waals surface area contributed by atoms with Gasteiger partial charge in [0.2, 0.25) is 5.91 Å². The van der Waals surface area contributed by atoms with E-state index in [-0.39, 0.29) is 23.4 Å². The van der Waals surface area contributed by atoms with Crippen LogP contribution in [0.2, 0.25) is 0 Å². The highest BCUT2D eigenvalue weighted by Gasteiger charge is 2.34. The lowest BCUT2D eigenvalue weighted by Crippen LogP contribution is -2.44. The van der Waals surface area contributed by atoms with Crippen molar-refractivity contribution in [3.05, 3.63) is 35.4 Å². The summed E-state index contributed by atoms with van der Waals surface area (Å²) in [6, 6.07) is 6.18. The Morgan fingerprint density at radius 2 is 1.83 bits per heavy atom. The van der Waals surface area contributed by atoms with E-state index >= 15 is 0 Å². The molecule has 1 amide bonds. The highest BCUT2D eigenvalue weighted by Crippen LogP contribution is 2.32. The average Bonchev–Trinajstić information content (AvgIpc) is 2.52. The highest BCUT2D eigenvalue weighted by molar-refractivity contribution is 5.77. The van der Waals surface area contributed by atoms with Gasteiger partial charge in [0, 0.05) is 25.9 Å². The largest absolute Gasteiger partial charge is 0.469 e. The molecule has 4 nitrogen and oxygen atoms in total. The number of carbonyl (C=O) groups excluding carboxylic acids is 2. The van der Waals surface area contributed by atoms with E-state index in [1.54, 1.807) is 17.0 Å². The minimum atomic E-state index is -4.24. The van der Waals surface area contributed by atoms with Crippen LogP contribution < -0.4 is 0 Å². The lowest BCUT2D eigenvalue weighted by atomic mass is 9.84. The van der Waals surface area contributed by atoms with Gasteiger partial charge in [0.15, 0.2) is 0 Å². The molecule has 2 unspecified atom stereocenters. The molecule has 2 rings (SSSR count). The lowest BCUT2D eigenvalue weighted by Gasteiger charge is -2.36. The van der Waals surface area contributed by atoms with Crippen LogP contribution in [-0.2, 0) is 20.7 Å². The molecule has 7 heteroatoms. The fraction of sp³-hybridized carbons (Fsp3) is 0.529. The molecule has 1 aromatic rings. The van der Waals surface area contributed by atoms with Crippen molar-refractivity contribution in [2.75, 3.05) is 20.2 Å². The molecule has 24 heavy (non-hydrogen) atoms. The van der Waals surface area contributed by atoms with Gasteiger partial charge in [-0.1, -0.05) is 24.3 Å². The van der Waals surface area contributed by atoms with E-state index in [1.807, 2.05) is 0 Å². The molecular formula is C17H20F3NO3. The Balaban J connectivity index is 2.16. The SMILES string of the molecule is COC(=O)C1CC(c2ccc(CC(F)(F)F)cc2)CN(C(C)=O)C1. The third-order valence-corrected chi connectivity index (χ3v) is 4.29.